The van der Waals surface area contributed by atoms with Gasteiger partial charge in [-0.2, -0.15) is 0 Å². The van der Waals surface area contributed by atoms with Gasteiger partial charge in [0.05, 0.1) is 6.04 Å². The zero-order valence-electron chi connectivity index (χ0n) is 9.55. The molecule has 3 unspecified atom stereocenters. The number of rotatable bonds is 4. The van der Waals surface area contributed by atoms with Crippen molar-refractivity contribution in [2.24, 2.45) is 5.92 Å². The summed E-state index contributed by atoms with van der Waals surface area (Å²) in [5.74, 6) is 3.69. The summed E-state index contributed by atoms with van der Waals surface area (Å²) in [6, 6.07) is 0.960. The van der Waals surface area contributed by atoms with Crippen LogP contribution < -0.4 is 5.32 Å². The predicted molar refractivity (Wildman–Crippen MR) is 62.1 cm³/mol. The Kier molecular flexibility index (Phi) is 5.04. The van der Waals surface area contributed by atoms with Crippen molar-refractivity contribution in [2.45, 2.75) is 64.5 Å². The topological polar surface area (TPSA) is 12.0 Å². The van der Waals surface area contributed by atoms with E-state index in [0.717, 1.165) is 12.3 Å². The van der Waals surface area contributed by atoms with E-state index in [9.17, 15) is 0 Å². The Labute approximate surface area is 88.7 Å². The quantitative estimate of drug-likeness (QED) is 0.677. The first-order valence-corrected chi connectivity index (χ1v) is 6.04. The minimum absolute atomic E-state index is 0.284. The van der Waals surface area contributed by atoms with Gasteiger partial charge in [-0.05, 0) is 25.2 Å². The molecular weight excluding hydrogens is 170 g/mol. The fourth-order valence-corrected chi connectivity index (χ4v) is 2.46. The molecule has 1 nitrogen and oxygen atoms in total. The largest absolute Gasteiger partial charge is 0.301 e. The highest BCUT2D eigenvalue weighted by atomic mass is 15.0. The van der Waals surface area contributed by atoms with Crippen LogP contribution in [-0.2, 0) is 0 Å². The minimum atomic E-state index is 0.284. The summed E-state index contributed by atoms with van der Waals surface area (Å²) >= 11 is 0. The molecule has 14 heavy (non-hydrogen) atoms. The summed E-state index contributed by atoms with van der Waals surface area (Å²) in [4.78, 5) is 0. The average Bonchev–Trinajstić information content (AvgIpc) is 2.26. The first kappa shape index (κ1) is 11.6. The van der Waals surface area contributed by atoms with E-state index >= 15 is 0 Å². The van der Waals surface area contributed by atoms with Gasteiger partial charge in [0.2, 0.25) is 0 Å². The van der Waals surface area contributed by atoms with Gasteiger partial charge in [-0.1, -0.05) is 39.0 Å². The molecular formula is C13H23N. The molecule has 1 N–H and O–H groups in total. The van der Waals surface area contributed by atoms with Crippen molar-refractivity contribution in [3.63, 3.8) is 0 Å². The molecule has 1 fully saturated rings. The second-order valence-electron chi connectivity index (χ2n) is 4.35. The second-order valence-corrected chi connectivity index (χ2v) is 4.35. The van der Waals surface area contributed by atoms with Crippen LogP contribution in [0.4, 0.5) is 0 Å². The molecule has 1 saturated carbocycles. The highest BCUT2D eigenvalue weighted by molar-refractivity contribution is 5.00. The molecule has 0 aliphatic heterocycles. The lowest BCUT2D eigenvalue weighted by atomic mass is 9.82. The minimum Gasteiger partial charge on any atom is -0.301 e. The Morgan fingerprint density at radius 3 is 2.64 bits per heavy atom. The number of nitrogens with one attached hydrogen (secondary N) is 1. The Balaban J connectivity index is 2.44. The Hall–Kier alpha value is -0.480. The van der Waals surface area contributed by atoms with Crippen LogP contribution in [0.2, 0.25) is 0 Å². The van der Waals surface area contributed by atoms with Crippen molar-refractivity contribution < 1.29 is 0 Å². The van der Waals surface area contributed by atoms with E-state index in [-0.39, 0.29) is 6.04 Å². The maximum Gasteiger partial charge on any atom is 0.0686 e. The lowest BCUT2D eigenvalue weighted by Gasteiger charge is -2.33. The summed E-state index contributed by atoms with van der Waals surface area (Å²) in [6.45, 7) is 4.45. The SMILES string of the molecule is C#CC(CC)NC1CCCCC1CC. The van der Waals surface area contributed by atoms with Gasteiger partial charge in [0.15, 0.2) is 0 Å². The zero-order chi connectivity index (χ0) is 10.4. The molecule has 0 aromatic carbocycles. The lowest BCUT2D eigenvalue weighted by molar-refractivity contribution is 0.246. The van der Waals surface area contributed by atoms with Crippen LogP contribution in [0.1, 0.15) is 52.4 Å². The Morgan fingerprint density at radius 2 is 2.07 bits per heavy atom. The first-order chi connectivity index (χ1) is 6.81. The Morgan fingerprint density at radius 1 is 1.36 bits per heavy atom. The molecule has 1 aliphatic carbocycles. The molecule has 1 heteroatoms. The van der Waals surface area contributed by atoms with Crippen LogP contribution >= 0.6 is 0 Å². The number of hydrogen-bond acceptors (Lipinski definition) is 1. The van der Waals surface area contributed by atoms with Gasteiger partial charge >= 0.3 is 0 Å². The zero-order valence-corrected chi connectivity index (χ0v) is 9.55. The van der Waals surface area contributed by atoms with Crippen LogP contribution in [0.15, 0.2) is 0 Å². The van der Waals surface area contributed by atoms with Crippen LogP contribution in [0.25, 0.3) is 0 Å². The molecule has 0 aromatic heterocycles. The van der Waals surface area contributed by atoms with E-state index in [2.05, 4.69) is 25.1 Å². The third-order valence-electron chi connectivity index (χ3n) is 3.46. The van der Waals surface area contributed by atoms with E-state index in [1.165, 1.54) is 32.1 Å². The third kappa shape index (κ3) is 3.03. The standard InChI is InChI=1S/C13H23N/c1-4-11-9-7-8-10-13(11)14-12(5-2)6-3/h2,11-14H,4,6-10H2,1,3H3. The van der Waals surface area contributed by atoms with Crippen molar-refractivity contribution in [3.05, 3.63) is 0 Å². The maximum absolute atomic E-state index is 5.47. The number of terminal acetylenes is 1. The molecule has 0 bridgehead atoms. The van der Waals surface area contributed by atoms with E-state index in [1.807, 2.05) is 0 Å². The molecule has 0 radical (unpaired) electrons. The molecule has 80 valence electrons. The fourth-order valence-electron chi connectivity index (χ4n) is 2.46. The van der Waals surface area contributed by atoms with Gasteiger partial charge in [-0.3, -0.25) is 0 Å². The molecule has 1 aliphatic rings. The van der Waals surface area contributed by atoms with Gasteiger partial charge in [0.25, 0.3) is 0 Å². The van der Waals surface area contributed by atoms with Gasteiger partial charge in [-0.15, -0.1) is 6.42 Å². The molecule has 0 aromatic rings. The van der Waals surface area contributed by atoms with Crippen molar-refractivity contribution in [2.75, 3.05) is 0 Å². The molecule has 0 spiro atoms. The highest BCUT2D eigenvalue weighted by Crippen LogP contribution is 2.27. The van der Waals surface area contributed by atoms with Crippen LogP contribution in [0.5, 0.6) is 0 Å². The third-order valence-corrected chi connectivity index (χ3v) is 3.46. The lowest BCUT2D eigenvalue weighted by Crippen LogP contribution is -2.43. The van der Waals surface area contributed by atoms with E-state index in [4.69, 9.17) is 6.42 Å². The molecule has 0 amide bonds. The molecule has 0 heterocycles. The van der Waals surface area contributed by atoms with Crippen LogP contribution in [0.3, 0.4) is 0 Å². The van der Waals surface area contributed by atoms with E-state index in [0.29, 0.717) is 6.04 Å². The molecule has 3 atom stereocenters. The highest BCUT2D eigenvalue weighted by Gasteiger charge is 2.24. The summed E-state index contributed by atoms with van der Waals surface area (Å²) in [6.07, 6.45) is 13.3. The summed E-state index contributed by atoms with van der Waals surface area (Å²) in [5.41, 5.74) is 0. The Bertz CT molecular complexity index is 192. The van der Waals surface area contributed by atoms with Crippen molar-refractivity contribution in [1.29, 1.82) is 0 Å². The summed E-state index contributed by atoms with van der Waals surface area (Å²) in [5, 5.41) is 3.62. The summed E-state index contributed by atoms with van der Waals surface area (Å²) < 4.78 is 0. The van der Waals surface area contributed by atoms with Gasteiger partial charge in [0, 0.05) is 6.04 Å². The predicted octanol–water partition coefficient (Wildman–Crippen LogP) is 2.96. The second kappa shape index (κ2) is 6.09. The number of hydrogen-bond donors (Lipinski definition) is 1. The maximum atomic E-state index is 5.47. The van der Waals surface area contributed by atoms with Crippen molar-refractivity contribution in [1.82, 2.24) is 5.32 Å². The first-order valence-electron chi connectivity index (χ1n) is 6.04. The van der Waals surface area contributed by atoms with Gasteiger partial charge in [0.1, 0.15) is 0 Å². The average molecular weight is 193 g/mol. The normalized spacial score (nSPS) is 29.5. The van der Waals surface area contributed by atoms with Gasteiger partial charge in [-0.25, -0.2) is 0 Å². The van der Waals surface area contributed by atoms with E-state index in [1.54, 1.807) is 0 Å². The van der Waals surface area contributed by atoms with Gasteiger partial charge < -0.3 is 5.32 Å². The molecule has 0 saturated heterocycles. The van der Waals surface area contributed by atoms with Crippen molar-refractivity contribution in [3.8, 4) is 12.3 Å². The van der Waals surface area contributed by atoms with Crippen LogP contribution in [0, 0.1) is 18.3 Å². The molecule has 1 rings (SSSR count). The fraction of sp³-hybridized carbons (Fsp3) is 0.846. The van der Waals surface area contributed by atoms with Crippen LogP contribution in [-0.4, -0.2) is 12.1 Å². The van der Waals surface area contributed by atoms with E-state index < -0.39 is 0 Å². The monoisotopic (exact) mass is 193 g/mol. The summed E-state index contributed by atoms with van der Waals surface area (Å²) in [7, 11) is 0. The van der Waals surface area contributed by atoms with Crippen molar-refractivity contribution >= 4 is 0 Å². The smallest absolute Gasteiger partial charge is 0.0686 e.